The van der Waals surface area contributed by atoms with Crippen molar-refractivity contribution in [3.8, 4) is 0 Å². The van der Waals surface area contributed by atoms with Gasteiger partial charge >= 0.3 is 0 Å². The van der Waals surface area contributed by atoms with Crippen LogP contribution in [0.3, 0.4) is 0 Å². The SMILES string of the molecule is Cc1cc(N2CCCC2C(=O)N2CCSCC2)c2cccc([N+](=O)[O-])c2n1. The average molecular weight is 386 g/mol. The molecule has 7 nitrogen and oxygen atoms in total. The number of pyridine rings is 1. The fourth-order valence-corrected chi connectivity index (χ4v) is 4.93. The van der Waals surface area contributed by atoms with Crippen molar-refractivity contribution in [1.82, 2.24) is 9.88 Å². The van der Waals surface area contributed by atoms with Crippen molar-refractivity contribution in [2.45, 2.75) is 25.8 Å². The van der Waals surface area contributed by atoms with Crippen LogP contribution in [0.25, 0.3) is 10.9 Å². The summed E-state index contributed by atoms with van der Waals surface area (Å²) in [5.41, 5.74) is 2.00. The minimum Gasteiger partial charge on any atom is -0.359 e. The van der Waals surface area contributed by atoms with E-state index < -0.39 is 4.92 Å². The van der Waals surface area contributed by atoms with E-state index in [2.05, 4.69) is 9.88 Å². The van der Waals surface area contributed by atoms with Crippen LogP contribution in [0.15, 0.2) is 24.3 Å². The van der Waals surface area contributed by atoms with Crippen LogP contribution in [-0.2, 0) is 4.79 Å². The van der Waals surface area contributed by atoms with Crippen LogP contribution in [0.5, 0.6) is 0 Å². The lowest BCUT2D eigenvalue weighted by Gasteiger charge is -2.33. The monoisotopic (exact) mass is 386 g/mol. The second-order valence-electron chi connectivity index (χ2n) is 7.00. The lowest BCUT2D eigenvalue weighted by atomic mass is 10.1. The van der Waals surface area contributed by atoms with Gasteiger partial charge in [-0.15, -0.1) is 0 Å². The van der Waals surface area contributed by atoms with Crippen LogP contribution in [0.2, 0.25) is 0 Å². The van der Waals surface area contributed by atoms with E-state index in [-0.39, 0.29) is 17.6 Å². The van der Waals surface area contributed by atoms with Crippen molar-refractivity contribution in [2.24, 2.45) is 0 Å². The molecule has 27 heavy (non-hydrogen) atoms. The number of non-ortho nitro benzene ring substituents is 1. The first kappa shape index (κ1) is 18.0. The van der Waals surface area contributed by atoms with Gasteiger partial charge in [0.15, 0.2) is 5.52 Å². The Morgan fingerprint density at radius 1 is 1.30 bits per heavy atom. The molecule has 1 aromatic carbocycles. The molecule has 1 amide bonds. The first-order valence-corrected chi connectivity index (χ1v) is 10.4. The third-order valence-electron chi connectivity index (χ3n) is 5.29. The molecule has 0 bridgehead atoms. The van der Waals surface area contributed by atoms with E-state index in [9.17, 15) is 14.9 Å². The maximum Gasteiger partial charge on any atom is 0.295 e. The zero-order chi connectivity index (χ0) is 19.0. The molecule has 3 heterocycles. The van der Waals surface area contributed by atoms with E-state index in [0.717, 1.165) is 60.7 Å². The van der Waals surface area contributed by atoms with Crippen LogP contribution in [0.1, 0.15) is 18.5 Å². The van der Waals surface area contributed by atoms with Gasteiger partial charge in [-0.1, -0.05) is 12.1 Å². The number of carbonyl (C=O) groups excluding carboxylic acids is 1. The molecule has 0 aliphatic carbocycles. The second kappa shape index (κ2) is 7.34. The van der Waals surface area contributed by atoms with Crippen LogP contribution >= 0.6 is 11.8 Å². The number of nitro groups is 1. The van der Waals surface area contributed by atoms with Crippen LogP contribution in [-0.4, -0.2) is 57.9 Å². The number of rotatable bonds is 3. The molecule has 2 aromatic rings. The molecular weight excluding hydrogens is 364 g/mol. The van der Waals surface area contributed by atoms with Gasteiger partial charge in [-0.05, 0) is 25.8 Å². The Morgan fingerprint density at radius 2 is 2.07 bits per heavy atom. The Labute approximate surface area is 161 Å². The summed E-state index contributed by atoms with van der Waals surface area (Å²) in [4.78, 5) is 32.7. The largest absolute Gasteiger partial charge is 0.359 e. The molecule has 1 atom stereocenters. The van der Waals surface area contributed by atoms with Crippen LogP contribution < -0.4 is 4.90 Å². The maximum atomic E-state index is 13.1. The summed E-state index contributed by atoms with van der Waals surface area (Å²) in [7, 11) is 0. The standard InChI is InChI=1S/C19H22N4O3S/c1-13-12-17(14-4-2-5-15(23(25)26)18(14)20-13)22-7-3-6-16(22)19(24)21-8-10-27-11-9-21/h2,4-5,12,16H,3,6-11H2,1H3. The number of nitrogens with zero attached hydrogens (tertiary/aromatic N) is 4. The molecule has 2 aliphatic heterocycles. The Kier molecular flexibility index (Phi) is 4.90. The summed E-state index contributed by atoms with van der Waals surface area (Å²) in [6.45, 7) is 4.22. The predicted molar refractivity (Wildman–Crippen MR) is 107 cm³/mol. The zero-order valence-electron chi connectivity index (χ0n) is 15.3. The van der Waals surface area contributed by atoms with Crippen LogP contribution in [0, 0.1) is 17.0 Å². The number of thioether (sulfide) groups is 1. The molecule has 2 saturated heterocycles. The van der Waals surface area contributed by atoms with Gasteiger partial charge in [0.2, 0.25) is 5.91 Å². The van der Waals surface area contributed by atoms with Gasteiger partial charge < -0.3 is 9.80 Å². The number of para-hydroxylation sites is 1. The Morgan fingerprint density at radius 3 is 2.81 bits per heavy atom. The van der Waals surface area contributed by atoms with Gasteiger partial charge in [0.1, 0.15) is 6.04 Å². The highest BCUT2D eigenvalue weighted by Gasteiger charge is 2.35. The summed E-state index contributed by atoms with van der Waals surface area (Å²) in [6.07, 6.45) is 1.76. The molecular formula is C19H22N4O3S. The molecule has 1 unspecified atom stereocenters. The Balaban J connectivity index is 1.75. The van der Waals surface area contributed by atoms with Gasteiger partial charge in [0.05, 0.1) is 4.92 Å². The quantitative estimate of drug-likeness (QED) is 0.596. The van der Waals surface area contributed by atoms with Crippen molar-refractivity contribution >= 4 is 39.9 Å². The van der Waals surface area contributed by atoms with Gasteiger partial charge in [-0.3, -0.25) is 14.9 Å². The highest BCUT2D eigenvalue weighted by molar-refractivity contribution is 7.99. The highest BCUT2D eigenvalue weighted by atomic mass is 32.2. The average Bonchev–Trinajstić information content (AvgIpc) is 3.16. The lowest BCUT2D eigenvalue weighted by Crippen LogP contribution is -2.48. The van der Waals surface area contributed by atoms with Gasteiger partial charge in [0, 0.05) is 54.0 Å². The number of carbonyl (C=O) groups is 1. The minimum absolute atomic E-state index is 0.00702. The first-order valence-electron chi connectivity index (χ1n) is 9.24. The van der Waals surface area contributed by atoms with E-state index in [0.29, 0.717) is 5.52 Å². The summed E-state index contributed by atoms with van der Waals surface area (Å²) in [5.74, 6) is 2.16. The fourth-order valence-electron chi connectivity index (χ4n) is 4.03. The molecule has 142 valence electrons. The summed E-state index contributed by atoms with van der Waals surface area (Å²) >= 11 is 1.88. The molecule has 1 aromatic heterocycles. The molecule has 8 heteroatoms. The fraction of sp³-hybridized carbons (Fsp3) is 0.474. The molecule has 0 spiro atoms. The van der Waals surface area contributed by atoms with Gasteiger partial charge in [-0.25, -0.2) is 4.98 Å². The van der Waals surface area contributed by atoms with E-state index in [1.807, 2.05) is 35.7 Å². The van der Waals surface area contributed by atoms with Crippen molar-refractivity contribution in [2.75, 3.05) is 36.0 Å². The van der Waals surface area contributed by atoms with Crippen LogP contribution in [0.4, 0.5) is 11.4 Å². The highest BCUT2D eigenvalue weighted by Crippen LogP contribution is 2.36. The number of hydrogen-bond acceptors (Lipinski definition) is 6. The van der Waals surface area contributed by atoms with Gasteiger partial charge in [0.25, 0.3) is 5.69 Å². The Hall–Kier alpha value is -2.35. The number of anilines is 1. The molecule has 0 saturated carbocycles. The predicted octanol–water partition coefficient (Wildman–Crippen LogP) is 3.00. The number of fused-ring (bicyclic) bond motifs is 1. The normalized spacial score (nSPS) is 20.3. The topological polar surface area (TPSA) is 79.6 Å². The third-order valence-corrected chi connectivity index (χ3v) is 6.23. The molecule has 2 aliphatic rings. The smallest absolute Gasteiger partial charge is 0.295 e. The van der Waals surface area contributed by atoms with Crippen molar-refractivity contribution in [1.29, 1.82) is 0 Å². The molecule has 2 fully saturated rings. The maximum absolute atomic E-state index is 13.1. The summed E-state index contributed by atoms with van der Waals surface area (Å²) < 4.78 is 0. The lowest BCUT2D eigenvalue weighted by molar-refractivity contribution is -0.383. The second-order valence-corrected chi connectivity index (χ2v) is 8.23. The van der Waals surface area contributed by atoms with Crippen molar-refractivity contribution in [3.05, 3.63) is 40.1 Å². The molecule has 0 N–H and O–H groups in total. The number of aryl methyl sites for hydroxylation is 1. The molecule has 0 radical (unpaired) electrons. The van der Waals surface area contributed by atoms with Crippen molar-refractivity contribution in [3.63, 3.8) is 0 Å². The number of hydrogen-bond donors (Lipinski definition) is 0. The number of amides is 1. The summed E-state index contributed by atoms with van der Waals surface area (Å²) in [5, 5.41) is 12.2. The van der Waals surface area contributed by atoms with Gasteiger partial charge in [-0.2, -0.15) is 11.8 Å². The van der Waals surface area contributed by atoms with E-state index in [1.54, 1.807) is 6.07 Å². The number of aromatic nitrogens is 1. The van der Waals surface area contributed by atoms with E-state index in [1.165, 1.54) is 6.07 Å². The van der Waals surface area contributed by atoms with E-state index >= 15 is 0 Å². The zero-order valence-corrected chi connectivity index (χ0v) is 16.1. The molecule has 4 rings (SSSR count). The Bertz CT molecular complexity index is 898. The van der Waals surface area contributed by atoms with Crippen molar-refractivity contribution < 1.29 is 9.72 Å². The van der Waals surface area contributed by atoms with E-state index in [4.69, 9.17) is 0 Å². The first-order chi connectivity index (χ1) is 13.1. The summed E-state index contributed by atoms with van der Waals surface area (Å²) in [6, 6.07) is 6.79. The third kappa shape index (κ3) is 3.34. The number of benzene rings is 1. The minimum atomic E-state index is -0.392. The number of nitro benzene ring substituents is 1.